The van der Waals surface area contributed by atoms with Crippen LogP contribution >= 0.6 is 11.6 Å². The van der Waals surface area contributed by atoms with Gasteiger partial charge in [-0.25, -0.2) is 0 Å². The lowest BCUT2D eigenvalue weighted by Crippen LogP contribution is -2.35. The van der Waals surface area contributed by atoms with E-state index in [1.165, 1.54) is 0 Å². The molecule has 0 radical (unpaired) electrons. The van der Waals surface area contributed by atoms with E-state index < -0.39 is 0 Å². The molecule has 1 aliphatic rings. The predicted molar refractivity (Wildman–Crippen MR) is 95.2 cm³/mol. The molecule has 2 aromatic rings. The number of carbonyl (C=O) groups excluding carboxylic acids is 1. The predicted octanol–water partition coefficient (Wildman–Crippen LogP) is 3.44. The van der Waals surface area contributed by atoms with Gasteiger partial charge >= 0.3 is 0 Å². The first-order valence-corrected chi connectivity index (χ1v) is 8.48. The summed E-state index contributed by atoms with van der Waals surface area (Å²) in [5, 5.41) is 7.42. The Morgan fingerprint density at radius 2 is 2.28 bits per heavy atom. The molecule has 3 rings (SSSR count). The summed E-state index contributed by atoms with van der Waals surface area (Å²) in [7, 11) is 1.58. The van der Waals surface area contributed by atoms with E-state index >= 15 is 0 Å². The number of aromatic amines is 1. The Morgan fingerprint density at radius 1 is 1.44 bits per heavy atom. The molecule has 25 heavy (non-hydrogen) atoms. The summed E-state index contributed by atoms with van der Waals surface area (Å²) in [6, 6.07) is 7.05. The van der Waals surface area contributed by atoms with Crippen molar-refractivity contribution in [2.45, 2.75) is 26.0 Å². The number of nitrogens with zero attached hydrogens (tertiary/aromatic N) is 2. The number of ether oxygens (including phenoxy) is 2. The van der Waals surface area contributed by atoms with Gasteiger partial charge in [0.15, 0.2) is 5.69 Å². The van der Waals surface area contributed by atoms with Crippen LogP contribution in [0.4, 0.5) is 0 Å². The standard InChI is InChI=1S/C18H20ClN3O3/c1-3-13-5-4-8-22(13)18(23)16-9-12(20-21-16)11-25-17-7-6-14(24-2)10-15(17)19/h4-7,9-10,13H,3,8,11H2,1-2H3,(H,20,21)/t13-/m1/s1. The molecule has 2 heterocycles. The highest BCUT2D eigenvalue weighted by Gasteiger charge is 2.26. The van der Waals surface area contributed by atoms with Crippen LogP contribution in [0.5, 0.6) is 11.5 Å². The maximum atomic E-state index is 12.6. The zero-order valence-electron chi connectivity index (χ0n) is 14.2. The molecule has 1 N–H and O–H groups in total. The molecule has 0 bridgehead atoms. The van der Waals surface area contributed by atoms with Crippen LogP contribution in [0, 0.1) is 0 Å². The molecule has 0 aliphatic carbocycles. The van der Waals surface area contributed by atoms with Crippen molar-refractivity contribution in [2.75, 3.05) is 13.7 Å². The molecule has 1 aliphatic heterocycles. The van der Waals surface area contributed by atoms with E-state index in [-0.39, 0.29) is 18.6 Å². The van der Waals surface area contributed by atoms with Gasteiger partial charge in [0.2, 0.25) is 0 Å². The van der Waals surface area contributed by atoms with Crippen LogP contribution in [0.15, 0.2) is 36.4 Å². The lowest BCUT2D eigenvalue weighted by Gasteiger charge is -2.22. The summed E-state index contributed by atoms with van der Waals surface area (Å²) >= 11 is 6.15. The summed E-state index contributed by atoms with van der Waals surface area (Å²) in [4.78, 5) is 14.4. The molecule has 6 nitrogen and oxygen atoms in total. The van der Waals surface area contributed by atoms with Gasteiger partial charge in [0.25, 0.3) is 5.91 Å². The Kier molecular flexibility index (Phi) is 5.28. The molecule has 1 amide bonds. The summed E-state index contributed by atoms with van der Waals surface area (Å²) < 4.78 is 10.8. The van der Waals surface area contributed by atoms with Crippen LogP contribution in [0.2, 0.25) is 5.02 Å². The fourth-order valence-corrected chi connectivity index (χ4v) is 2.96. The van der Waals surface area contributed by atoms with Crippen molar-refractivity contribution in [1.82, 2.24) is 15.1 Å². The Morgan fingerprint density at radius 3 is 3.00 bits per heavy atom. The lowest BCUT2D eigenvalue weighted by atomic mass is 10.2. The molecule has 0 fully saturated rings. The fraction of sp³-hybridized carbons (Fsp3) is 0.333. The number of hydrogen-bond acceptors (Lipinski definition) is 4. The van der Waals surface area contributed by atoms with Crippen LogP contribution < -0.4 is 9.47 Å². The number of amides is 1. The van der Waals surface area contributed by atoms with E-state index in [2.05, 4.69) is 23.2 Å². The highest BCUT2D eigenvalue weighted by Crippen LogP contribution is 2.29. The minimum atomic E-state index is -0.0816. The van der Waals surface area contributed by atoms with Crippen molar-refractivity contribution in [2.24, 2.45) is 0 Å². The Balaban J connectivity index is 1.63. The van der Waals surface area contributed by atoms with Crippen LogP contribution in [-0.4, -0.2) is 40.7 Å². The van der Waals surface area contributed by atoms with E-state index in [9.17, 15) is 4.79 Å². The Hall–Kier alpha value is -2.47. The molecule has 0 saturated carbocycles. The van der Waals surface area contributed by atoms with Gasteiger partial charge in [0.05, 0.1) is 23.9 Å². The smallest absolute Gasteiger partial charge is 0.275 e. The van der Waals surface area contributed by atoms with E-state index in [0.29, 0.717) is 34.5 Å². The molecule has 0 spiro atoms. The second kappa shape index (κ2) is 7.61. The van der Waals surface area contributed by atoms with Gasteiger partial charge < -0.3 is 14.4 Å². The number of hydrogen-bond donors (Lipinski definition) is 1. The van der Waals surface area contributed by atoms with Crippen molar-refractivity contribution in [1.29, 1.82) is 0 Å². The van der Waals surface area contributed by atoms with Gasteiger partial charge in [-0.1, -0.05) is 30.7 Å². The van der Waals surface area contributed by atoms with Crippen molar-refractivity contribution in [3.63, 3.8) is 0 Å². The van der Waals surface area contributed by atoms with Gasteiger partial charge in [-0.2, -0.15) is 5.10 Å². The molecule has 132 valence electrons. The first-order valence-electron chi connectivity index (χ1n) is 8.10. The second-order valence-electron chi connectivity index (χ2n) is 5.72. The number of aromatic nitrogens is 2. The van der Waals surface area contributed by atoms with Crippen LogP contribution in [0.25, 0.3) is 0 Å². The van der Waals surface area contributed by atoms with Crippen LogP contribution in [-0.2, 0) is 6.61 Å². The quantitative estimate of drug-likeness (QED) is 0.800. The van der Waals surface area contributed by atoms with Crippen molar-refractivity contribution in [3.8, 4) is 11.5 Å². The Labute approximate surface area is 151 Å². The second-order valence-corrected chi connectivity index (χ2v) is 6.13. The SMILES string of the molecule is CC[C@@H]1C=CCN1C(=O)c1cc(COc2ccc(OC)cc2Cl)[nH]n1. The molecule has 1 atom stereocenters. The first-order chi connectivity index (χ1) is 12.1. The normalized spacial score (nSPS) is 16.3. The third kappa shape index (κ3) is 3.79. The summed E-state index contributed by atoms with van der Waals surface area (Å²) in [6.07, 6.45) is 4.95. The van der Waals surface area contributed by atoms with E-state index in [4.69, 9.17) is 21.1 Å². The third-order valence-corrected chi connectivity index (χ3v) is 4.41. The van der Waals surface area contributed by atoms with E-state index in [1.54, 1.807) is 36.3 Å². The topological polar surface area (TPSA) is 67.5 Å². The minimum absolute atomic E-state index is 0.0816. The van der Waals surface area contributed by atoms with Crippen LogP contribution in [0.1, 0.15) is 29.5 Å². The number of methoxy groups -OCH3 is 1. The monoisotopic (exact) mass is 361 g/mol. The number of carbonyl (C=O) groups is 1. The van der Waals surface area contributed by atoms with Crippen LogP contribution in [0.3, 0.4) is 0 Å². The Bertz CT molecular complexity index is 788. The lowest BCUT2D eigenvalue weighted by molar-refractivity contribution is 0.0741. The van der Waals surface area contributed by atoms with Crippen molar-refractivity contribution >= 4 is 17.5 Å². The molecule has 0 unspecified atom stereocenters. The summed E-state index contributed by atoms with van der Waals surface area (Å²) in [6.45, 7) is 2.92. The highest BCUT2D eigenvalue weighted by atomic mass is 35.5. The summed E-state index contributed by atoms with van der Waals surface area (Å²) in [5.74, 6) is 1.12. The maximum Gasteiger partial charge on any atom is 0.275 e. The summed E-state index contributed by atoms with van der Waals surface area (Å²) in [5.41, 5.74) is 1.09. The van der Waals surface area contributed by atoms with Gasteiger partial charge in [-0.15, -0.1) is 0 Å². The number of H-pyrrole nitrogens is 1. The minimum Gasteiger partial charge on any atom is -0.497 e. The molecular formula is C18H20ClN3O3. The average Bonchev–Trinajstić information content (AvgIpc) is 3.29. The molecular weight excluding hydrogens is 342 g/mol. The van der Waals surface area contributed by atoms with E-state index in [0.717, 1.165) is 6.42 Å². The number of benzene rings is 1. The van der Waals surface area contributed by atoms with Gasteiger partial charge in [0, 0.05) is 12.6 Å². The highest BCUT2D eigenvalue weighted by molar-refractivity contribution is 6.32. The van der Waals surface area contributed by atoms with E-state index in [1.807, 2.05) is 6.08 Å². The molecule has 7 heteroatoms. The number of rotatable bonds is 6. The van der Waals surface area contributed by atoms with Gasteiger partial charge in [0.1, 0.15) is 18.1 Å². The zero-order chi connectivity index (χ0) is 17.8. The van der Waals surface area contributed by atoms with Gasteiger partial charge in [-0.05, 0) is 24.6 Å². The van der Waals surface area contributed by atoms with Crippen molar-refractivity contribution < 1.29 is 14.3 Å². The molecule has 0 saturated heterocycles. The fourth-order valence-electron chi connectivity index (χ4n) is 2.73. The third-order valence-electron chi connectivity index (χ3n) is 4.11. The van der Waals surface area contributed by atoms with Crippen molar-refractivity contribution in [3.05, 3.63) is 52.8 Å². The average molecular weight is 362 g/mol. The zero-order valence-corrected chi connectivity index (χ0v) is 14.9. The molecule has 1 aromatic carbocycles. The number of nitrogens with one attached hydrogen (secondary N) is 1. The largest absolute Gasteiger partial charge is 0.497 e. The maximum absolute atomic E-state index is 12.6. The molecule has 1 aromatic heterocycles. The first kappa shape index (κ1) is 17.4. The van der Waals surface area contributed by atoms with Gasteiger partial charge in [-0.3, -0.25) is 9.89 Å². The number of halogens is 1.